The Bertz CT molecular complexity index is 510. The average Bonchev–Trinajstić information content (AvgIpc) is 2.27. The third-order valence-electron chi connectivity index (χ3n) is 2.64. The summed E-state index contributed by atoms with van der Waals surface area (Å²) in [6, 6.07) is 1.94. The van der Waals surface area contributed by atoms with Crippen molar-refractivity contribution in [3.63, 3.8) is 0 Å². The van der Waals surface area contributed by atoms with E-state index in [0.29, 0.717) is 0 Å². The van der Waals surface area contributed by atoms with Crippen LogP contribution in [0.15, 0.2) is 16.9 Å². The molecular formula is C12H17N3O4. The van der Waals surface area contributed by atoms with Gasteiger partial charge in [0.2, 0.25) is 0 Å². The molecule has 1 aromatic heterocycles. The summed E-state index contributed by atoms with van der Waals surface area (Å²) in [5.41, 5.74) is -0.773. The van der Waals surface area contributed by atoms with Gasteiger partial charge in [-0.3, -0.25) is 14.4 Å². The maximum absolute atomic E-state index is 11.9. The lowest BCUT2D eigenvalue weighted by atomic mass is 9.84. The van der Waals surface area contributed by atoms with Crippen molar-refractivity contribution in [3.05, 3.63) is 28.2 Å². The summed E-state index contributed by atoms with van der Waals surface area (Å²) in [5, 5.41) is 17.2. The number of nitrogens with one attached hydrogen (secondary N) is 2. The molecule has 0 aliphatic rings. The smallest absolute Gasteiger partial charge is 0.305 e. The standard InChI is InChI=1S/C12H17N3O4/c1-12(2,3)8(6-10(17)18)13-11(19)7-4-5-9(16)15-14-7/h4-5,8H,6H2,1-3H3,(H,13,19)(H,15,16)(H,17,18). The fraction of sp³-hybridized carbons (Fsp3) is 0.500. The van der Waals surface area contributed by atoms with Crippen molar-refractivity contribution in [3.8, 4) is 0 Å². The van der Waals surface area contributed by atoms with Gasteiger partial charge in [0.1, 0.15) is 5.69 Å². The maximum atomic E-state index is 11.9. The molecule has 104 valence electrons. The van der Waals surface area contributed by atoms with Crippen LogP contribution in [0.25, 0.3) is 0 Å². The minimum atomic E-state index is -0.991. The molecule has 19 heavy (non-hydrogen) atoms. The number of hydrogen-bond acceptors (Lipinski definition) is 4. The number of carbonyl (C=O) groups is 2. The van der Waals surface area contributed by atoms with Crippen LogP contribution in [0, 0.1) is 5.41 Å². The van der Waals surface area contributed by atoms with Crippen molar-refractivity contribution in [1.82, 2.24) is 15.5 Å². The van der Waals surface area contributed by atoms with Crippen LogP contribution < -0.4 is 10.9 Å². The minimum Gasteiger partial charge on any atom is -0.481 e. The van der Waals surface area contributed by atoms with Crippen LogP contribution >= 0.6 is 0 Å². The van der Waals surface area contributed by atoms with Gasteiger partial charge in [0.05, 0.1) is 6.42 Å². The zero-order chi connectivity index (χ0) is 14.6. The van der Waals surface area contributed by atoms with Crippen molar-refractivity contribution < 1.29 is 14.7 Å². The molecule has 0 aliphatic carbocycles. The number of hydrogen-bond donors (Lipinski definition) is 3. The highest BCUT2D eigenvalue weighted by atomic mass is 16.4. The number of aliphatic carboxylic acids is 1. The first-order chi connectivity index (χ1) is 8.70. The molecule has 7 nitrogen and oxygen atoms in total. The van der Waals surface area contributed by atoms with Crippen LogP contribution in [-0.2, 0) is 4.79 Å². The number of carbonyl (C=O) groups excluding carboxylic acids is 1. The summed E-state index contributed by atoms with van der Waals surface area (Å²) in [5.74, 6) is -1.51. The van der Waals surface area contributed by atoms with Crippen molar-refractivity contribution in [2.75, 3.05) is 0 Å². The van der Waals surface area contributed by atoms with Gasteiger partial charge in [0, 0.05) is 12.1 Å². The van der Waals surface area contributed by atoms with Crippen molar-refractivity contribution in [2.45, 2.75) is 33.2 Å². The van der Waals surface area contributed by atoms with Crippen LogP contribution in [0.1, 0.15) is 37.7 Å². The number of nitrogens with zero attached hydrogens (tertiary/aromatic N) is 1. The van der Waals surface area contributed by atoms with E-state index in [1.165, 1.54) is 12.1 Å². The SMILES string of the molecule is CC(C)(C)C(CC(=O)O)NC(=O)c1ccc(=O)[nH]n1. The first-order valence-electron chi connectivity index (χ1n) is 5.78. The number of rotatable bonds is 4. The molecule has 1 unspecified atom stereocenters. The number of aromatic nitrogens is 2. The van der Waals surface area contributed by atoms with E-state index in [-0.39, 0.29) is 12.1 Å². The molecule has 0 radical (unpaired) electrons. The summed E-state index contributed by atoms with van der Waals surface area (Å²) in [6.45, 7) is 5.50. The zero-order valence-corrected chi connectivity index (χ0v) is 11.1. The second kappa shape index (κ2) is 5.64. The van der Waals surface area contributed by atoms with Gasteiger partial charge < -0.3 is 10.4 Å². The van der Waals surface area contributed by atoms with Gasteiger partial charge in [-0.05, 0) is 11.5 Å². The molecule has 0 saturated carbocycles. The predicted molar refractivity (Wildman–Crippen MR) is 67.8 cm³/mol. The Hall–Kier alpha value is -2.18. The molecule has 3 N–H and O–H groups in total. The highest BCUT2D eigenvalue weighted by Gasteiger charge is 2.29. The fourth-order valence-electron chi connectivity index (χ4n) is 1.45. The Morgan fingerprint density at radius 2 is 2.05 bits per heavy atom. The van der Waals surface area contributed by atoms with Gasteiger partial charge >= 0.3 is 5.97 Å². The Kier molecular flexibility index (Phi) is 4.42. The Labute approximate surface area is 110 Å². The lowest BCUT2D eigenvalue weighted by Crippen LogP contribution is -2.45. The predicted octanol–water partition coefficient (Wildman–Crippen LogP) is 0.389. The Balaban J connectivity index is 2.84. The largest absolute Gasteiger partial charge is 0.481 e. The van der Waals surface area contributed by atoms with Gasteiger partial charge in [-0.15, -0.1) is 0 Å². The highest BCUT2D eigenvalue weighted by molar-refractivity contribution is 5.92. The number of carboxylic acid groups (broad SMARTS) is 1. The van der Waals surface area contributed by atoms with E-state index >= 15 is 0 Å². The molecule has 1 atom stereocenters. The molecule has 1 aromatic rings. The third-order valence-corrected chi connectivity index (χ3v) is 2.64. The number of carboxylic acids is 1. The molecule has 0 saturated heterocycles. The molecule has 0 aromatic carbocycles. The third kappa shape index (κ3) is 4.53. The first-order valence-corrected chi connectivity index (χ1v) is 5.78. The first kappa shape index (κ1) is 14.9. The van der Waals surface area contributed by atoms with Gasteiger partial charge in [0.25, 0.3) is 11.5 Å². The normalized spacial score (nSPS) is 12.8. The Morgan fingerprint density at radius 3 is 2.47 bits per heavy atom. The molecule has 1 rings (SSSR count). The topological polar surface area (TPSA) is 112 Å². The monoisotopic (exact) mass is 267 g/mol. The quantitative estimate of drug-likeness (QED) is 0.730. The lowest BCUT2D eigenvalue weighted by Gasteiger charge is -2.30. The number of H-pyrrole nitrogens is 1. The van der Waals surface area contributed by atoms with Gasteiger partial charge in [0.15, 0.2) is 0 Å². The van der Waals surface area contributed by atoms with Crippen molar-refractivity contribution in [1.29, 1.82) is 0 Å². The fourth-order valence-corrected chi connectivity index (χ4v) is 1.45. The van der Waals surface area contributed by atoms with Crippen LogP contribution in [0.4, 0.5) is 0 Å². The second-order valence-corrected chi connectivity index (χ2v) is 5.30. The van der Waals surface area contributed by atoms with Gasteiger partial charge in [-0.1, -0.05) is 20.8 Å². The van der Waals surface area contributed by atoms with Gasteiger partial charge in [-0.2, -0.15) is 5.10 Å². The van der Waals surface area contributed by atoms with Crippen LogP contribution in [-0.4, -0.2) is 33.2 Å². The average molecular weight is 267 g/mol. The number of aromatic amines is 1. The molecule has 0 bridgehead atoms. The summed E-state index contributed by atoms with van der Waals surface area (Å²) in [7, 11) is 0. The second-order valence-electron chi connectivity index (χ2n) is 5.30. The molecule has 1 amide bonds. The molecule has 1 heterocycles. The van der Waals surface area contributed by atoms with E-state index in [2.05, 4.69) is 15.5 Å². The van der Waals surface area contributed by atoms with Gasteiger partial charge in [-0.25, -0.2) is 5.10 Å². The van der Waals surface area contributed by atoms with Crippen molar-refractivity contribution in [2.24, 2.45) is 5.41 Å². The van der Waals surface area contributed by atoms with Crippen LogP contribution in [0.5, 0.6) is 0 Å². The van der Waals surface area contributed by atoms with E-state index in [4.69, 9.17) is 5.11 Å². The Morgan fingerprint density at radius 1 is 1.42 bits per heavy atom. The summed E-state index contributed by atoms with van der Waals surface area (Å²) in [6.07, 6.45) is -0.182. The molecule has 7 heteroatoms. The molecule has 0 spiro atoms. The summed E-state index contributed by atoms with van der Waals surface area (Å²) >= 11 is 0. The zero-order valence-electron chi connectivity index (χ0n) is 11.1. The highest BCUT2D eigenvalue weighted by Crippen LogP contribution is 2.22. The van der Waals surface area contributed by atoms with E-state index in [0.717, 1.165) is 0 Å². The summed E-state index contributed by atoms with van der Waals surface area (Å²) in [4.78, 5) is 33.6. The number of amides is 1. The van der Waals surface area contributed by atoms with Crippen LogP contribution in [0.3, 0.4) is 0 Å². The lowest BCUT2D eigenvalue weighted by molar-refractivity contribution is -0.138. The molecular weight excluding hydrogens is 250 g/mol. The van der Waals surface area contributed by atoms with Crippen molar-refractivity contribution >= 4 is 11.9 Å². The van der Waals surface area contributed by atoms with E-state index in [9.17, 15) is 14.4 Å². The van der Waals surface area contributed by atoms with E-state index in [1.54, 1.807) is 0 Å². The minimum absolute atomic E-state index is 0.0410. The molecule has 0 fully saturated rings. The summed E-state index contributed by atoms with van der Waals surface area (Å²) < 4.78 is 0. The maximum Gasteiger partial charge on any atom is 0.305 e. The molecule has 0 aliphatic heterocycles. The van der Waals surface area contributed by atoms with Crippen LogP contribution in [0.2, 0.25) is 0 Å². The van der Waals surface area contributed by atoms with E-state index in [1.807, 2.05) is 20.8 Å². The van der Waals surface area contributed by atoms with E-state index < -0.39 is 28.9 Å².